The molecule has 9 nitrogen and oxygen atoms in total. The van der Waals surface area contributed by atoms with Gasteiger partial charge in [0.05, 0.1) is 6.04 Å². The van der Waals surface area contributed by atoms with Gasteiger partial charge in [0.25, 0.3) is 0 Å². The van der Waals surface area contributed by atoms with E-state index in [0.717, 1.165) is 0 Å². The highest BCUT2D eigenvalue weighted by atomic mass is 32.2. The highest BCUT2D eigenvalue weighted by Crippen LogP contribution is 2.27. The van der Waals surface area contributed by atoms with E-state index >= 15 is 0 Å². The molecule has 0 N–H and O–H groups in total. The van der Waals surface area contributed by atoms with Crippen molar-refractivity contribution in [2.45, 2.75) is 57.9 Å². The summed E-state index contributed by atoms with van der Waals surface area (Å²) in [4.78, 5) is 6.84. The van der Waals surface area contributed by atoms with Crippen LogP contribution in [0.15, 0.2) is 13.9 Å². The normalized spacial score (nSPS) is 18.7. The van der Waals surface area contributed by atoms with E-state index in [9.17, 15) is 8.42 Å². The molecule has 1 aliphatic heterocycles. The second kappa shape index (κ2) is 6.99. The first-order valence-electron chi connectivity index (χ1n) is 9.03. The smallest absolute Gasteiger partial charge is 0.248 e. The Kier molecular flexibility index (Phi) is 5.17. The van der Waals surface area contributed by atoms with E-state index in [1.165, 1.54) is 4.31 Å². The van der Waals surface area contributed by atoms with Gasteiger partial charge in [0, 0.05) is 31.6 Å². The summed E-state index contributed by atoms with van der Waals surface area (Å²) >= 11 is 0. The zero-order valence-electron chi connectivity index (χ0n) is 16.7. The van der Waals surface area contributed by atoms with Gasteiger partial charge in [-0.25, -0.2) is 8.42 Å². The number of aromatic nitrogens is 3. The number of sulfonamides is 1. The highest BCUT2D eigenvalue weighted by Gasteiger charge is 2.35. The molecule has 0 unspecified atom stereocenters. The summed E-state index contributed by atoms with van der Waals surface area (Å²) in [5.74, 6) is 1.55. The van der Waals surface area contributed by atoms with Gasteiger partial charge >= 0.3 is 0 Å². The second-order valence-electron chi connectivity index (χ2n) is 7.98. The van der Waals surface area contributed by atoms with Crippen molar-refractivity contribution in [3.05, 3.63) is 23.2 Å². The fourth-order valence-corrected chi connectivity index (χ4v) is 4.88. The predicted octanol–water partition coefficient (Wildman–Crippen LogP) is 2.04. The third-order valence-electron chi connectivity index (χ3n) is 4.86. The molecular formula is C17H27N5O4S. The summed E-state index contributed by atoms with van der Waals surface area (Å²) in [6, 6.07) is -0.0717. The van der Waals surface area contributed by atoms with Gasteiger partial charge in [-0.2, -0.15) is 9.29 Å². The molecule has 1 fully saturated rings. The molecule has 0 aliphatic carbocycles. The highest BCUT2D eigenvalue weighted by molar-refractivity contribution is 7.89. The Balaban J connectivity index is 1.69. The van der Waals surface area contributed by atoms with Gasteiger partial charge < -0.3 is 9.05 Å². The zero-order chi connectivity index (χ0) is 20.0. The Hall–Kier alpha value is -1.78. The van der Waals surface area contributed by atoms with Crippen molar-refractivity contribution in [1.82, 2.24) is 24.5 Å². The lowest BCUT2D eigenvalue weighted by Gasteiger charge is -2.36. The quantitative estimate of drug-likeness (QED) is 0.772. The third kappa shape index (κ3) is 3.78. The molecule has 3 heterocycles. The van der Waals surface area contributed by atoms with Crippen molar-refractivity contribution in [3.63, 3.8) is 0 Å². The predicted molar refractivity (Wildman–Crippen MR) is 97.7 cm³/mol. The van der Waals surface area contributed by atoms with Gasteiger partial charge in [-0.05, 0) is 20.8 Å². The molecule has 0 saturated carbocycles. The van der Waals surface area contributed by atoms with Crippen LogP contribution >= 0.6 is 0 Å². The van der Waals surface area contributed by atoms with Crippen LogP contribution in [0.3, 0.4) is 0 Å². The Labute approximate surface area is 159 Å². The molecule has 1 aliphatic rings. The van der Waals surface area contributed by atoms with Crippen LogP contribution < -0.4 is 0 Å². The topological polar surface area (TPSA) is 106 Å². The first-order chi connectivity index (χ1) is 12.5. The SMILES string of the molecule is Cc1noc(C)c1S(=O)(=O)N1CCN([C@@H](C)c2nc(C(C)(C)C)no2)CC1. The van der Waals surface area contributed by atoms with Crippen molar-refractivity contribution >= 4 is 10.0 Å². The largest absolute Gasteiger partial charge is 0.360 e. The molecule has 10 heteroatoms. The van der Waals surface area contributed by atoms with Crippen LogP contribution in [-0.4, -0.2) is 59.1 Å². The Bertz CT molecular complexity index is 885. The summed E-state index contributed by atoms with van der Waals surface area (Å²) in [6.45, 7) is 13.3. The van der Waals surface area contributed by atoms with E-state index in [-0.39, 0.29) is 16.4 Å². The summed E-state index contributed by atoms with van der Waals surface area (Å²) in [5, 5.41) is 7.84. The number of nitrogens with zero attached hydrogens (tertiary/aromatic N) is 5. The lowest BCUT2D eigenvalue weighted by Crippen LogP contribution is -2.49. The van der Waals surface area contributed by atoms with Gasteiger partial charge in [-0.1, -0.05) is 31.1 Å². The van der Waals surface area contributed by atoms with Crippen molar-refractivity contribution in [1.29, 1.82) is 0 Å². The summed E-state index contributed by atoms with van der Waals surface area (Å²) < 4.78 is 37.8. The Morgan fingerprint density at radius 2 is 1.67 bits per heavy atom. The van der Waals surface area contributed by atoms with Gasteiger partial charge in [0.2, 0.25) is 15.9 Å². The summed E-state index contributed by atoms with van der Waals surface area (Å²) in [6.07, 6.45) is 0. The maximum atomic E-state index is 12.9. The fraction of sp³-hybridized carbons (Fsp3) is 0.706. The first kappa shape index (κ1) is 20.0. The fourth-order valence-electron chi connectivity index (χ4n) is 3.17. The zero-order valence-corrected chi connectivity index (χ0v) is 17.5. The van der Waals surface area contributed by atoms with Crippen LogP contribution in [0.1, 0.15) is 56.9 Å². The van der Waals surface area contributed by atoms with E-state index in [0.29, 0.717) is 49.3 Å². The molecule has 0 radical (unpaired) electrons. The summed E-state index contributed by atoms with van der Waals surface area (Å²) in [7, 11) is -3.61. The number of hydrogen-bond acceptors (Lipinski definition) is 8. The van der Waals surface area contributed by atoms with Gasteiger partial charge in [0.1, 0.15) is 10.6 Å². The van der Waals surface area contributed by atoms with Crippen LogP contribution in [0.25, 0.3) is 0 Å². The average Bonchev–Trinajstić information content (AvgIpc) is 3.21. The minimum absolute atomic E-state index is 0.0717. The van der Waals surface area contributed by atoms with Gasteiger partial charge in [-0.15, -0.1) is 0 Å². The molecule has 1 atom stereocenters. The number of hydrogen-bond donors (Lipinski definition) is 0. The van der Waals surface area contributed by atoms with E-state index < -0.39 is 10.0 Å². The number of piperazine rings is 1. The molecule has 27 heavy (non-hydrogen) atoms. The molecule has 2 aromatic rings. The lowest BCUT2D eigenvalue weighted by atomic mass is 9.96. The second-order valence-corrected chi connectivity index (χ2v) is 9.85. The lowest BCUT2D eigenvalue weighted by molar-refractivity contribution is 0.124. The van der Waals surface area contributed by atoms with Gasteiger partial charge in [0.15, 0.2) is 11.6 Å². The molecule has 2 aromatic heterocycles. The van der Waals surface area contributed by atoms with Crippen molar-refractivity contribution < 1.29 is 17.5 Å². The Morgan fingerprint density at radius 3 is 2.15 bits per heavy atom. The van der Waals surface area contributed by atoms with E-state index in [2.05, 4.69) is 20.2 Å². The minimum atomic E-state index is -3.61. The molecule has 3 rings (SSSR count). The minimum Gasteiger partial charge on any atom is -0.360 e. The molecule has 150 valence electrons. The molecule has 0 bridgehead atoms. The first-order valence-corrected chi connectivity index (χ1v) is 10.5. The molecule has 0 aromatic carbocycles. The molecule has 0 spiro atoms. The molecule has 1 saturated heterocycles. The van der Waals surface area contributed by atoms with Crippen LogP contribution in [-0.2, 0) is 15.4 Å². The van der Waals surface area contributed by atoms with Crippen LogP contribution in [0.2, 0.25) is 0 Å². The number of aryl methyl sites for hydroxylation is 2. The maximum absolute atomic E-state index is 12.9. The monoisotopic (exact) mass is 397 g/mol. The van der Waals surface area contributed by atoms with Crippen molar-refractivity contribution in [2.24, 2.45) is 0 Å². The van der Waals surface area contributed by atoms with Gasteiger partial charge in [-0.3, -0.25) is 4.90 Å². The van der Waals surface area contributed by atoms with Crippen LogP contribution in [0.4, 0.5) is 0 Å². The maximum Gasteiger partial charge on any atom is 0.248 e. The molecular weight excluding hydrogens is 370 g/mol. The van der Waals surface area contributed by atoms with Crippen molar-refractivity contribution in [3.8, 4) is 0 Å². The number of rotatable bonds is 4. The molecule has 0 amide bonds. The van der Waals surface area contributed by atoms with Crippen LogP contribution in [0, 0.1) is 13.8 Å². The van der Waals surface area contributed by atoms with E-state index in [1.807, 2.05) is 27.7 Å². The van der Waals surface area contributed by atoms with Crippen molar-refractivity contribution in [2.75, 3.05) is 26.2 Å². The van der Waals surface area contributed by atoms with Crippen LogP contribution in [0.5, 0.6) is 0 Å². The average molecular weight is 398 g/mol. The summed E-state index contributed by atoms with van der Waals surface area (Å²) in [5.41, 5.74) is 0.214. The van der Waals surface area contributed by atoms with E-state index in [1.54, 1.807) is 13.8 Å². The standard InChI is InChI=1S/C17H27N5O4S/c1-11-14(13(3)25-19-11)27(23,24)22-9-7-21(8-10-22)12(2)15-18-16(20-26-15)17(4,5)6/h12H,7-10H2,1-6H3/t12-/m0/s1. The van der Waals surface area contributed by atoms with E-state index in [4.69, 9.17) is 9.05 Å². The third-order valence-corrected chi connectivity index (χ3v) is 7.00. The Morgan fingerprint density at radius 1 is 1.04 bits per heavy atom.